The third-order valence-corrected chi connectivity index (χ3v) is 7.09. The predicted octanol–water partition coefficient (Wildman–Crippen LogP) is 1.92. The van der Waals surface area contributed by atoms with E-state index in [9.17, 15) is 14.4 Å². The predicted molar refractivity (Wildman–Crippen MR) is 109 cm³/mol. The van der Waals surface area contributed by atoms with Crippen molar-refractivity contribution in [3.8, 4) is 0 Å². The molecule has 6 heteroatoms. The van der Waals surface area contributed by atoms with E-state index in [4.69, 9.17) is 0 Å². The summed E-state index contributed by atoms with van der Waals surface area (Å²) in [5.74, 6) is 0.307. The van der Waals surface area contributed by atoms with E-state index in [1.807, 2.05) is 23.1 Å². The van der Waals surface area contributed by atoms with Crippen molar-refractivity contribution in [2.75, 3.05) is 37.6 Å². The van der Waals surface area contributed by atoms with Gasteiger partial charge in [0.05, 0.1) is 11.8 Å². The number of allylic oxidation sites excluding steroid dienone is 2. The largest absolute Gasteiger partial charge is 0.368 e. The van der Waals surface area contributed by atoms with Gasteiger partial charge in [-0.2, -0.15) is 0 Å². The van der Waals surface area contributed by atoms with Crippen molar-refractivity contribution < 1.29 is 14.4 Å². The molecule has 4 aliphatic rings. The van der Waals surface area contributed by atoms with Crippen molar-refractivity contribution in [3.63, 3.8) is 0 Å². The molecule has 1 aromatic rings. The summed E-state index contributed by atoms with van der Waals surface area (Å²) < 4.78 is 0. The van der Waals surface area contributed by atoms with Crippen molar-refractivity contribution in [1.29, 1.82) is 0 Å². The zero-order valence-corrected chi connectivity index (χ0v) is 16.6. The lowest BCUT2D eigenvalue weighted by Gasteiger charge is -2.36. The molecular weight excluding hydrogens is 366 g/mol. The zero-order valence-electron chi connectivity index (χ0n) is 16.6. The van der Waals surface area contributed by atoms with E-state index in [0.29, 0.717) is 32.5 Å². The van der Waals surface area contributed by atoms with Crippen LogP contribution in [0.4, 0.5) is 5.69 Å². The van der Waals surface area contributed by atoms with Crippen LogP contribution in [-0.2, 0) is 14.4 Å². The Hall–Kier alpha value is -2.63. The summed E-state index contributed by atoms with van der Waals surface area (Å²) in [4.78, 5) is 43.6. The second kappa shape index (κ2) is 7.32. The Labute approximate surface area is 171 Å². The number of fused-ring (bicyclic) bond motifs is 5. The highest BCUT2D eigenvalue weighted by Gasteiger charge is 2.58. The monoisotopic (exact) mass is 393 g/mol. The number of anilines is 1. The molecule has 2 heterocycles. The first-order valence-electron chi connectivity index (χ1n) is 10.7. The number of amides is 3. The van der Waals surface area contributed by atoms with Gasteiger partial charge in [0.2, 0.25) is 17.7 Å². The average molecular weight is 393 g/mol. The molecule has 1 aromatic carbocycles. The Morgan fingerprint density at radius 2 is 1.52 bits per heavy atom. The van der Waals surface area contributed by atoms with Crippen LogP contribution in [0.15, 0.2) is 42.5 Å². The molecule has 0 spiro atoms. The molecule has 0 aromatic heterocycles. The minimum Gasteiger partial charge on any atom is -0.368 e. The molecule has 1 saturated carbocycles. The maximum atomic E-state index is 12.7. The van der Waals surface area contributed by atoms with Gasteiger partial charge in [-0.1, -0.05) is 30.4 Å². The number of piperazine rings is 1. The molecule has 2 aliphatic heterocycles. The van der Waals surface area contributed by atoms with Gasteiger partial charge in [-0.15, -0.1) is 0 Å². The Morgan fingerprint density at radius 3 is 2.14 bits per heavy atom. The third-order valence-electron chi connectivity index (χ3n) is 7.09. The SMILES string of the molecule is O=C(CCCN1C(=O)[C@H]2[C@H](C1=O)[C@H]1C=C[C@H]2C1)N1CCN(c2ccccc2)CC1. The summed E-state index contributed by atoms with van der Waals surface area (Å²) in [6, 6.07) is 10.3. The van der Waals surface area contributed by atoms with Gasteiger partial charge in [-0.05, 0) is 36.8 Å². The maximum absolute atomic E-state index is 12.7. The van der Waals surface area contributed by atoms with Crippen molar-refractivity contribution in [2.24, 2.45) is 23.7 Å². The topological polar surface area (TPSA) is 60.9 Å². The molecule has 4 atom stereocenters. The van der Waals surface area contributed by atoms with E-state index < -0.39 is 0 Å². The van der Waals surface area contributed by atoms with Crippen LogP contribution in [0.25, 0.3) is 0 Å². The zero-order chi connectivity index (χ0) is 20.0. The molecule has 2 saturated heterocycles. The maximum Gasteiger partial charge on any atom is 0.233 e. The lowest BCUT2D eigenvalue weighted by molar-refractivity contribution is -0.141. The summed E-state index contributed by atoms with van der Waals surface area (Å²) in [7, 11) is 0. The van der Waals surface area contributed by atoms with Gasteiger partial charge in [0.25, 0.3) is 0 Å². The molecule has 2 bridgehead atoms. The minimum atomic E-state index is -0.140. The van der Waals surface area contributed by atoms with E-state index >= 15 is 0 Å². The number of imide groups is 1. The van der Waals surface area contributed by atoms with Crippen molar-refractivity contribution in [1.82, 2.24) is 9.80 Å². The second-order valence-electron chi connectivity index (χ2n) is 8.63. The second-order valence-corrected chi connectivity index (χ2v) is 8.63. The fourth-order valence-corrected chi connectivity index (χ4v) is 5.58. The van der Waals surface area contributed by atoms with E-state index in [1.54, 1.807) is 0 Å². The van der Waals surface area contributed by atoms with Crippen LogP contribution in [0.5, 0.6) is 0 Å². The fraction of sp³-hybridized carbons (Fsp3) is 0.522. The highest BCUT2D eigenvalue weighted by atomic mass is 16.2. The third kappa shape index (κ3) is 3.15. The molecule has 3 amide bonds. The smallest absolute Gasteiger partial charge is 0.233 e. The van der Waals surface area contributed by atoms with Crippen molar-refractivity contribution in [2.45, 2.75) is 19.3 Å². The molecule has 0 radical (unpaired) electrons. The summed E-state index contributed by atoms with van der Waals surface area (Å²) in [6.07, 6.45) is 6.12. The Morgan fingerprint density at radius 1 is 0.897 bits per heavy atom. The average Bonchev–Trinajstić information content (AvgIpc) is 3.44. The number of para-hydroxylation sites is 1. The van der Waals surface area contributed by atoms with Crippen LogP contribution in [0, 0.1) is 23.7 Å². The summed E-state index contributed by atoms with van der Waals surface area (Å²) >= 11 is 0. The van der Waals surface area contributed by atoms with Crippen LogP contribution in [0.1, 0.15) is 19.3 Å². The van der Waals surface area contributed by atoms with Gasteiger partial charge in [-0.3, -0.25) is 19.3 Å². The van der Waals surface area contributed by atoms with Crippen LogP contribution in [0.2, 0.25) is 0 Å². The van der Waals surface area contributed by atoms with Gasteiger partial charge >= 0.3 is 0 Å². The Balaban J connectivity index is 1.09. The molecule has 6 nitrogen and oxygen atoms in total. The van der Waals surface area contributed by atoms with Crippen LogP contribution in [0.3, 0.4) is 0 Å². The molecular formula is C23H27N3O3. The molecule has 2 aliphatic carbocycles. The Kier molecular flexibility index (Phi) is 4.64. The molecule has 0 N–H and O–H groups in total. The van der Waals surface area contributed by atoms with Gasteiger partial charge < -0.3 is 9.80 Å². The van der Waals surface area contributed by atoms with Gasteiger partial charge in [0.15, 0.2) is 0 Å². The number of carbonyl (C=O) groups excluding carboxylic acids is 3. The van der Waals surface area contributed by atoms with Gasteiger partial charge in [0, 0.05) is 44.8 Å². The quantitative estimate of drug-likeness (QED) is 0.567. The normalized spacial score (nSPS) is 30.4. The molecule has 3 fully saturated rings. The first-order valence-corrected chi connectivity index (χ1v) is 10.7. The van der Waals surface area contributed by atoms with Crippen LogP contribution in [-0.4, -0.2) is 60.2 Å². The molecule has 0 unspecified atom stereocenters. The number of hydrogen-bond donors (Lipinski definition) is 0. The lowest BCUT2D eigenvalue weighted by Crippen LogP contribution is -2.48. The lowest BCUT2D eigenvalue weighted by atomic mass is 9.85. The number of carbonyl (C=O) groups is 3. The van der Waals surface area contributed by atoms with Crippen LogP contribution >= 0.6 is 0 Å². The van der Waals surface area contributed by atoms with Gasteiger partial charge in [-0.25, -0.2) is 0 Å². The minimum absolute atomic E-state index is 0.0132. The number of likely N-dealkylation sites (tertiary alicyclic amines) is 1. The van der Waals surface area contributed by atoms with E-state index in [0.717, 1.165) is 19.5 Å². The first-order chi connectivity index (χ1) is 14.1. The fourth-order valence-electron chi connectivity index (χ4n) is 5.58. The van der Waals surface area contributed by atoms with Crippen molar-refractivity contribution >= 4 is 23.4 Å². The number of nitrogens with zero attached hydrogens (tertiary/aromatic N) is 3. The number of benzene rings is 1. The standard InChI is InChI=1S/C23H27N3O3/c27-19(25-13-11-24(12-14-25)18-5-2-1-3-6-18)7-4-10-26-22(28)20-16-8-9-17(15-16)21(20)23(26)29/h1-3,5-6,8-9,16-17,20-21H,4,7,10-15H2/t16-,17-,20+,21+/m0/s1. The first kappa shape index (κ1) is 18.4. The van der Waals surface area contributed by atoms with Crippen LogP contribution < -0.4 is 4.90 Å². The van der Waals surface area contributed by atoms with Gasteiger partial charge in [0.1, 0.15) is 0 Å². The summed E-state index contributed by atoms with van der Waals surface area (Å²) in [6.45, 7) is 3.47. The van der Waals surface area contributed by atoms with E-state index in [1.165, 1.54) is 10.6 Å². The number of hydrogen-bond acceptors (Lipinski definition) is 4. The highest BCUT2D eigenvalue weighted by molar-refractivity contribution is 6.06. The highest BCUT2D eigenvalue weighted by Crippen LogP contribution is 2.52. The molecule has 29 heavy (non-hydrogen) atoms. The van der Waals surface area contributed by atoms with E-state index in [-0.39, 0.29) is 41.4 Å². The molecule has 5 rings (SSSR count). The Bertz CT molecular complexity index is 814. The molecule has 152 valence electrons. The summed E-state index contributed by atoms with van der Waals surface area (Å²) in [5.41, 5.74) is 1.19. The number of rotatable bonds is 5. The van der Waals surface area contributed by atoms with E-state index in [2.05, 4.69) is 29.2 Å². The summed E-state index contributed by atoms with van der Waals surface area (Å²) in [5, 5.41) is 0. The van der Waals surface area contributed by atoms with Crippen molar-refractivity contribution in [3.05, 3.63) is 42.5 Å².